The van der Waals surface area contributed by atoms with E-state index in [0.29, 0.717) is 12.1 Å². The van der Waals surface area contributed by atoms with Crippen molar-refractivity contribution in [2.45, 2.75) is 52.4 Å². The number of anilines is 1. The van der Waals surface area contributed by atoms with Crippen molar-refractivity contribution in [3.63, 3.8) is 0 Å². The zero-order valence-electron chi connectivity index (χ0n) is 15.0. The second kappa shape index (κ2) is 12.4. The van der Waals surface area contributed by atoms with Gasteiger partial charge in [-0.15, -0.1) is 0 Å². The summed E-state index contributed by atoms with van der Waals surface area (Å²) >= 11 is 0. The average Bonchev–Trinajstić information content (AvgIpc) is 2.61. The summed E-state index contributed by atoms with van der Waals surface area (Å²) in [7, 11) is 0. The zero-order chi connectivity index (χ0) is 17.6. The van der Waals surface area contributed by atoms with Crippen molar-refractivity contribution in [2.75, 3.05) is 25.0 Å². The lowest BCUT2D eigenvalue weighted by molar-refractivity contribution is -0.119. The molecule has 2 amide bonds. The molecular formula is C19H31N3O2. The van der Waals surface area contributed by atoms with E-state index in [1.807, 2.05) is 19.1 Å². The van der Waals surface area contributed by atoms with Gasteiger partial charge in [-0.2, -0.15) is 0 Å². The highest BCUT2D eigenvalue weighted by Crippen LogP contribution is 2.09. The van der Waals surface area contributed by atoms with Gasteiger partial charge in [-0.1, -0.05) is 39.5 Å². The molecule has 1 aromatic rings. The number of nitrogens with one attached hydrogen (secondary N) is 3. The van der Waals surface area contributed by atoms with Crippen LogP contribution in [0.5, 0.6) is 0 Å². The molecule has 0 saturated carbocycles. The van der Waals surface area contributed by atoms with Gasteiger partial charge in [0.05, 0.1) is 6.54 Å². The summed E-state index contributed by atoms with van der Waals surface area (Å²) in [4.78, 5) is 23.6. The lowest BCUT2D eigenvalue weighted by Crippen LogP contribution is -2.30. The third-order valence-electron chi connectivity index (χ3n) is 3.74. The zero-order valence-corrected chi connectivity index (χ0v) is 15.0. The van der Waals surface area contributed by atoms with E-state index < -0.39 is 0 Å². The molecule has 134 valence electrons. The summed E-state index contributed by atoms with van der Waals surface area (Å²) < 4.78 is 0. The summed E-state index contributed by atoms with van der Waals surface area (Å²) in [5.74, 6) is -0.0699. The molecule has 5 heteroatoms. The monoisotopic (exact) mass is 333 g/mol. The summed E-state index contributed by atoms with van der Waals surface area (Å²) in [6.07, 6.45) is 6.86. The van der Waals surface area contributed by atoms with Crippen LogP contribution in [0.4, 0.5) is 5.69 Å². The maximum absolute atomic E-state index is 11.8. The van der Waals surface area contributed by atoms with Gasteiger partial charge in [0, 0.05) is 24.3 Å². The molecule has 0 radical (unpaired) electrons. The molecule has 0 unspecified atom stereocenters. The molecule has 1 rings (SSSR count). The van der Waals surface area contributed by atoms with Crippen LogP contribution in [0.2, 0.25) is 0 Å². The van der Waals surface area contributed by atoms with Crippen LogP contribution in [-0.4, -0.2) is 31.4 Å². The fourth-order valence-electron chi connectivity index (χ4n) is 2.28. The van der Waals surface area contributed by atoms with Crippen molar-refractivity contribution < 1.29 is 9.59 Å². The van der Waals surface area contributed by atoms with Crippen LogP contribution in [0.25, 0.3) is 0 Å². The Balaban J connectivity index is 2.22. The van der Waals surface area contributed by atoms with Crippen LogP contribution < -0.4 is 16.0 Å². The number of rotatable bonds is 12. The minimum absolute atomic E-state index is 0.00439. The Morgan fingerprint density at radius 2 is 1.54 bits per heavy atom. The fourth-order valence-corrected chi connectivity index (χ4v) is 2.28. The van der Waals surface area contributed by atoms with Gasteiger partial charge in [0.25, 0.3) is 5.91 Å². The van der Waals surface area contributed by atoms with Gasteiger partial charge in [0.1, 0.15) is 0 Å². The van der Waals surface area contributed by atoms with Crippen LogP contribution in [0.1, 0.15) is 62.7 Å². The lowest BCUT2D eigenvalue weighted by atomic mass is 10.1. The number of carbonyl (C=O) groups excluding carboxylic acids is 2. The Labute approximate surface area is 145 Å². The SMILES string of the molecule is CCCCCCCNC(=O)CNc1ccc(C(=O)NCCC)cc1. The molecule has 0 fully saturated rings. The topological polar surface area (TPSA) is 70.2 Å². The molecule has 0 aliphatic heterocycles. The predicted molar refractivity (Wildman–Crippen MR) is 99.3 cm³/mol. The molecule has 0 bridgehead atoms. The van der Waals surface area contributed by atoms with Crippen LogP contribution in [0.3, 0.4) is 0 Å². The van der Waals surface area contributed by atoms with E-state index in [-0.39, 0.29) is 18.4 Å². The van der Waals surface area contributed by atoms with Crippen LogP contribution in [0, 0.1) is 0 Å². The van der Waals surface area contributed by atoms with Gasteiger partial charge in [0.2, 0.25) is 5.91 Å². The van der Waals surface area contributed by atoms with E-state index >= 15 is 0 Å². The molecule has 3 N–H and O–H groups in total. The quantitative estimate of drug-likeness (QED) is 0.514. The second-order valence-electron chi connectivity index (χ2n) is 5.95. The second-order valence-corrected chi connectivity index (χ2v) is 5.95. The van der Waals surface area contributed by atoms with E-state index in [1.165, 1.54) is 25.7 Å². The molecule has 0 atom stereocenters. The Hall–Kier alpha value is -2.04. The predicted octanol–water partition coefficient (Wildman–Crippen LogP) is 3.32. The number of hydrogen-bond donors (Lipinski definition) is 3. The van der Waals surface area contributed by atoms with Crippen molar-refractivity contribution in [1.82, 2.24) is 10.6 Å². The Bertz CT molecular complexity index is 486. The Morgan fingerprint density at radius 3 is 2.21 bits per heavy atom. The fraction of sp³-hybridized carbons (Fsp3) is 0.579. The number of amides is 2. The average molecular weight is 333 g/mol. The minimum Gasteiger partial charge on any atom is -0.376 e. The molecular weight excluding hydrogens is 302 g/mol. The van der Waals surface area contributed by atoms with E-state index in [0.717, 1.165) is 25.1 Å². The van der Waals surface area contributed by atoms with E-state index in [1.54, 1.807) is 12.1 Å². The van der Waals surface area contributed by atoms with Crippen LogP contribution in [-0.2, 0) is 4.79 Å². The molecule has 0 heterocycles. The van der Waals surface area contributed by atoms with Crippen LogP contribution in [0.15, 0.2) is 24.3 Å². The van der Waals surface area contributed by atoms with Gasteiger partial charge in [0.15, 0.2) is 0 Å². The highest BCUT2D eigenvalue weighted by atomic mass is 16.2. The molecule has 0 saturated heterocycles. The third-order valence-corrected chi connectivity index (χ3v) is 3.74. The van der Waals surface area contributed by atoms with Crippen molar-refractivity contribution in [1.29, 1.82) is 0 Å². The van der Waals surface area contributed by atoms with Gasteiger partial charge < -0.3 is 16.0 Å². The van der Waals surface area contributed by atoms with Gasteiger partial charge in [-0.3, -0.25) is 9.59 Å². The van der Waals surface area contributed by atoms with Gasteiger partial charge in [-0.25, -0.2) is 0 Å². The summed E-state index contributed by atoms with van der Waals surface area (Å²) in [6.45, 7) is 5.87. The molecule has 0 spiro atoms. The molecule has 1 aromatic carbocycles. The van der Waals surface area contributed by atoms with Crippen molar-refractivity contribution in [2.24, 2.45) is 0 Å². The number of unbranched alkanes of at least 4 members (excludes halogenated alkanes) is 4. The highest BCUT2D eigenvalue weighted by molar-refractivity contribution is 5.94. The molecule has 5 nitrogen and oxygen atoms in total. The first kappa shape index (κ1) is 20.0. The third kappa shape index (κ3) is 8.56. The molecule has 24 heavy (non-hydrogen) atoms. The first-order valence-corrected chi connectivity index (χ1v) is 9.06. The van der Waals surface area contributed by atoms with E-state index in [4.69, 9.17) is 0 Å². The van der Waals surface area contributed by atoms with Gasteiger partial charge in [-0.05, 0) is 37.1 Å². The first-order valence-electron chi connectivity index (χ1n) is 9.06. The number of benzene rings is 1. The standard InChI is InChI=1S/C19H31N3O2/c1-3-5-6-7-8-14-20-18(23)15-22-17-11-9-16(10-12-17)19(24)21-13-4-2/h9-12,22H,3-8,13-15H2,1-2H3,(H,20,23)(H,21,24). The maximum Gasteiger partial charge on any atom is 0.251 e. The number of hydrogen-bond acceptors (Lipinski definition) is 3. The Morgan fingerprint density at radius 1 is 0.833 bits per heavy atom. The normalized spacial score (nSPS) is 10.2. The van der Waals surface area contributed by atoms with Crippen molar-refractivity contribution in [3.05, 3.63) is 29.8 Å². The summed E-state index contributed by atoms with van der Waals surface area (Å²) in [5, 5.41) is 8.82. The molecule has 0 aliphatic rings. The first-order chi connectivity index (χ1) is 11.7. The minimum atomic E-state index is -0.0655. The van der Waals surface area contributed by atoms with E-state index in [2.05, 4.69) is 22.9 Å². The number of carbonyl (C=O) groups is 2. The van der Waals surface area contributed by atoms with Crippen molar-refractivity contribution >= 4 is 17.5 Å². The smallest absolute Gasteiger partial charge is 0.251 e. The van der Waals surface area contributed by atoms with E-state index in [9.17, 15) is 9.59 Å². The van der Waals surface area contributed by atoms with Crippen molar-refractivity contribution in [3.8, 4) is 0 Å². The molecule has 0 aliphatic carbocycles. The Kier molecular flexibility index (Phi) is 10.3. The van der Waals surface area contributed by atoms with Crippen LogP contribution >= 0.6 is 0 Å². The summed E-state index contributed by atoms with van der Waals surface area (Å²) in [5.41, 5.74) is 1.46. The summed E-state index contributed by atoms with van der Waals surface area (Å²) in [6, 6.07) is 7.16. The lowest BCUT2D eigenvalue weighted by Gasteiger charge is -2.09. The maximum atomic E-state index is 11.8. The highest BCUT2D eigenvalue weighted by Gasteiger charge is 2.05. The van der Waals surface area contributed by atoms with Gasteiger partial charge >= 0.3 is 0 Å². The molecule has 0 aromatic heterocycles. The largest absolute Gasteiger partial charge is 0.376 e.